The van der Waals surface area contributed by atoms with Gasteiger partial charge in [-0.3, -0.25) is 4.84 Å². The zero-order valence-electron chi connectivity index (χ0n) is 6.68. The maximum atomic E-state index is 5.18. The molecule has 4 heteroatoms. The van der Waals surface area contributed by atoms with Crippen LogP contribution in [-0.2, 0) is 4.84 Å². The van der Waals surface area contributed by atoms with Crippen LogP contribution in [0.2, 0.25) is 0 Å². The van der Waals surface area contributed by atoms with E-state index in [9.17, 15) is 0 Å². The summed E-state index contributed by atoms with van der Waals surface area (Å²) < 4.78 is 0. The van der Waals surface area contributed by atoms with Gasteiger partial charge in [-0.15, -0.1) is 5.59 Å². The first-order chi connectivity index (χ1) is 4.77. The van der Waals surface area contributed by atoms with Crippen molar-refractivity contribution in [1.29, 1.82) is 0 Å². The van der Waals surface area contributed by atoms with E-state index in [1.807, 2.05) is 0 Å². The lowest BCUT2D eigenvalue weighted by atomic mass is 10.2. The largest absolute Gasteiger partial charge is 0.328 e. The van der Waals surface area contributed by atoms with Crippen LogP contribution in [-0.4, -0.2) is 19.7 Å². The van der Waals surface area contributed by atoms with Crippen molar-refractivity contribution in [2.45, 2.75) is 13.8 Å². The van der Waals surface area contributed by atoms with Crippen molar-refractivity contribution in [2.24, 2.45) is 11.7 Å². The highest BCUT2D eigenvalue weighted by molar-refractivity contribution is 4.42. The molecule has 4 N–H and O–H groups in total. The van der Waals surface area contributed by atoms with Gasteiger partial charge in [0.05, 0.1) is 6.61 Å². The second-order valence-corrected chi connectivity index (χ2v) is 2.51. The molecule has 0 radical (unpaired) electrons. The topological polar surface area (TPSA) is 59.3 Å². The Bertz CT molecular complexity index is 68.0. The fraction of sp³-hybridized carbons (Fsp3) is 1.00. The fourth-order valence-electron chi connectivity index (χ4n) is 0.407. The van der Waals surface area contributed by atoms with Gasteiger partial charge < -0.3 is 5.73 Å². The van der Waals surface area contributed by atoms with Gasteiger partial charge in [0, 0.05) is 13.1 Å². The molecule has 0 heterocycles. The summed E-state index contributed by atoms with van der Waals surface area (Å²) in [6.07, 6.45) is 0. The standard InChI is InChI=1S/C6H17N3O/c1-6(2)5-8-9-10-4-3-7/h6,8-9H,3-5,7H2,1-2H3. The van der Waals surface area contributed by atoms with Gasteiger partial charge in [-0.05, 0) is 5.92 Å². The van der Waals surface area contributed by atoms with E-state index >= 15 is 0 Å². The molecule has 0 aliphatic carbocycles. The highest BCUT2D eigenvalue weighted by atomic mass is 16.7. The first-order valence-electron chi connectivity index (χ1n) is 3.57. The quantitative estimate of drug-likeness (QED) is 0.354. The molecular formula is C6H17N3O. The minimum absolute atomic E-state index is 0.533. The number of hydrogen-bond donors (Lipinski definition) is 3. The highest BCUT2D eigenvalue weighted by Crippen LogP contribution is 1.84. The predicted octanol–water partition coefficient (Wildman–Crippen LogP) is -0.373. The normalized spacial score (nSPS) is 10.8. The molecule has 10 heavy (non-hydrogen) atoms. The van der Waals surface area contributed by atoms with Crippen molar-refractivity contribution in [3.63, 3.8) is 0 Å². The van der Waals surface area contributed by atoms with E-state index in [2.05, 4.69) is 24.9 Å². The van der Waals surface area contributed by atoms with Crippen molar-refractivity contribution >= 4 is 0 Å². The molecule has 0 atom stereocenters. The molecule has 0 bridgehead atoms. The van der Waals surface area contributed by atoms with E-state index in [0.29, 0.717) is 19.1 Å². The summed E-state index contributed by atoms with van der Waals surface area (Å²) in [6, 6.07) is 0. The van der Waals surface area contributed by atoms with Crippen molar-refractivity contribution in [3.05, 3.63) is 0 Å². The zero-order chi connectivity index (χ0) is 7.82. The van der Waals surface area contributed by atoms with Crippen molar-refractivity contribution in [1.82, 2.24) is 11.0 Å². The van der Waals surface area contributed by atoms with E-state index in [0.717, 1.165) is 6.54 Å². The summed E-state index contributed by atoms with van der Waals surface area (Å²) in [5.74, 6) is 0.619. The summed E-state index contributed by atoms with van der Waals surface area (Å²) in [7, 11) is 0. The Labute approximate surface area is 62.0 Å². The Morgan fingerprint density at radius 3 is 2.70 bits per heavy atom. The maximum Gasteiger partial charge on any atom is 0.0821 e. The van der Waals surface area contributed by atoms with Gasteiger partial charge in [0.15, 0.2) is 0 Å². The molecule has 0 amide bonds. The smallest absolute Gasteiger partial charge is 0.0821 e. The second kappa shape index (κ2) is 6.95. The van der Waals surface area contributed by atoms with Crippen molar-refractivity contribution < 1.29 is 4.84 Å². The molecule has 0 aromatic heterocycles. The number of nitrogens with one attached hydrogen (secondary N) is 2. The molecule has 0 aliphatic heterocycles. The monoisotopic (exact) mass is 147 g/mol. The molecule has 0 saturated heterocycles. The van der Waals surface area contributed by atoms with E-state index in [1.165, 1.54) is 0 Å². The van der Waals surface area contributed by atoms with E-state index < -0.39 is 0 Å². The van der Waals surface area contributed by atoms with Gasteiger partial charge in [0.2, 0.25) is 0 Å². The first-order valence-corrected chi connectivity index (χ1v) is 3.57. The van der Waals surface area contributed by atoms with Crippen LogP contribution in [0.1, 0.15) is 13.8 Å². The van der Waals surface area contributed by atoms with Crippen LogP contribution < -0.4 is 16.7 Å². The van der Waals surface area contributed by atoms with Crippen LogP contribution >= 0.6 is 0 Å². The second-order valence-electron chi connectivity index (χ2n) is 2.51. The van der Waals surface area contributed by atoms with Gasteiger partial charge in [-0.1, -0.05) is 13.8 Å². The zero-order valence-corrected chi connectivity index (χ0v) is 6.68. The Hall–Kier alpha value is -0.160. The Morgan fingerprint density at radius 2 is 2.20 bits per heavy atom. The van der Waals surface area contributed by atoms with Crippen LogP contribution in [0.3, 0.4) is 0 Å². The first kappa shape index (κ1) is 9.84. The van der Waals surface area contributed by atoms with Crippen LogP contribution in [0.15, 0.2) is 0 Å². The lowest BCUT2D eigenvalue weighted by molar-refractivity contribution is 0.0138. The molecule has 0 rings (SSSR count). The molecule has 0 fully saturated rings. The van der Waals surface area contributed by atoms with Crippen LogP contribution in [0.4, 0.5) is 0 Å². The molecule has 62 valence electrons. The molecular weight excluding hydrogens is 130 g/mol. The molecule has 4 nitrogen and oxygen atoms in total. The molecule has 0 saturated carbocycles. The predicted molar refractivity (Wildman–Crippen MR) is 41.0 cm³/mol. The van der Waals surface area contributed by atoms with E-state index in [4.69, 9.17) is 10.6 Å². The summed E-state index contributed by atoms with van der Waals surface area (Å²) in [5, 5.41) is 0. The third-order valence-electron chi connectivity index (χ3n) is 0.875. The minimum Gasteiger partial charge on any atom is -0.328 e. The summed E-state index contributed by atoms with van der Waals surface area (Å²) >= 11 is 0. The fourth-order valence-corrected chi connectivity index (χ4v) is 0.407. The Morgan fingerprint density at radius 1 is 1.50 bits per heavy atom. The van der Waals surface area contributed by atoms with Crippen molar-refractivity contribution in [2.75, 3.05) is 19.7 Å². The molecule has 0 aromatic carbocycles. The highest BCUT2D eigenvalue weighted by Gasteiger charge is 1.89. The summed E-state index contributed by atoms with van der Waals surface area (Å²) in [6.45, 7) is 6.21. The maximum absolute atomic E-state index is 5.18. The number of hydrogen-bond acceptors (Lipinski definition) is 4. The SMILES string of the molecule is CC(C)CNNOCCN. The number of nitrogens with two attached hydrogens (primary N) is 1. The van der Waals surface area contributed by atoms with Gasteiger partial charge in [0.1, 0.15) is 0 Å². The van der Waals surface area contributed by atoms with Gasteiger partial charge in [-0.2, -0.15) is 0 Å². The Kier molecular flexibility index (Phi) is 6.84. The molecule has 0 spiro atoms. The van der Waals surface area contributed by atoms with E-state index in [-0.39, 0.29) is 0 Å². The van der Waals surface area contributed by atoms with Gasteiger partial charge >= 0.3 is 0 Å². The van der Waals surface area contributed by atoms with E-state index in [1.54, 1.807) is 0 Å². The molecule has 0 aromatic rings. The molecule has 0 aliphatic rings. The third-order valence-corrected chi connectivity index (χ3v) is 0.875. The van der Waals surface area contributed by atoms with Crippen LogP contribution in [0, 0.1) is 5.92 Å². The third kappa shape index (κ3) is 7.84. The Balaban J connectivity index is 2.77. The average molecular weight is 147 g/mol. The van der Waals surface area contributed by atoms with Gasteiger partial charge in [-0.25, -0.2) is 5.43 Å². The summed E-state index contributed by atoms with van der Waals surface area (Å²) in [5.41, 5.74) is 10.7. The number of rotatable bonds is 6. The average Bonchev–Trinajstić information content (AvgIpc) is 1.87. The number of hydrazine groups is 1. The van der Waals surface area contributed by atoms with Crippen LogP contribution in [0.25, 0.3) is 0 Å². The lowest BCUT2D eigenvalue weighted by Crippen LogP contribution is -2.35. The minimum atomic E-state index is 0.533. The van der Waals surface area contributed by atoms with Crippen LogP contribution in [0.5, 0.6) is 0 Å². The van der Waals surface area contributed by atoms with Gasteiger partial charge in [0.25, 0.3) is 0 Å². The summed E-state index contributed by atoms with van der Waals surface area (Å²) in [4.78, 5) is 4.85. The lowest BCUT2D eigenvalue weighted by Gasteiger charge is -2.07. The van der Waals surface area contributed by atoms with Crippen molar-refractivity contribution in [3.8, 4) is 0 Å². The molecule has 0 unspecified atom stereocenters.